The van der Waals surface area contributed by atoms with Crippen LogP contribution in [0.25, 0.3) is 11.3 Å². The van der Waals surface area contributed by atoms with Gasteiger partial charge in [-0.3, -0.25) is 9.69 Å². The van der Waals surface area contributed by atoms with Gasteiger partial charge in [0.2, 0.25) is 0 Å². The van der Waals surface area contributed by atoms with Crippen LogP contribution in [0.1, 0.15) is 16.9 Å². The lowest BCUT2D eigenvalue weighted by Crippen LogP contribution is -2.49. The van der Waals surface area contributed by atoms with Crippen LogP contribution < -0.4 is 0 Å². The molecule has 7 heteroatoms. The number of rotatable bonds is 4. The van der Waals surface area contributed by atoms with E-state index >= 15 is 0 Å². The van der Waals surface area contributed by atoms with E-state index < -0.39 is 5.82 Å². The SMILES string of the molecule is N#CCCN1CCN(C(=O)c2ncoc2-c2ccccc2F)CC1. The lowest BCUT2D eigenvalue weighted by atomic mass is 10.1. The van der Waals surface area contributed by atoms with Crippen molar-refractivity contribution in [2.75, 3.05) is 32.7 Å². The van der Waals surface area contributed by atoms with Gasteiger partial charge in [-0.2, -0.15) is 5.26 Å². The Labute approximate surface area is 139 Å². The molecular formula is C17H17FN4O2. The fourth-order valence-corrected chi connectivity index (χ4v) is 2.77. The quantitative estimate of drug-likeness (QED) is 0.860. The van der Waals surface area contributed by atoms with Gasteiger partial charge in [0.1, 0.15) is 5.82 Å². The van der Waals surface area contributed by atoms with Gasteiger partial charge in [0.05, 0.1) is 11.6 Å². The van der Waals surface area contributed by atoms with E-state index in [0.717, 1.165) is 6.39 Å². The van der Waals surface area contributed by atoms with Gasteiger partial charge in [-0.25, -0.2) is 9.37 Å². The summed E-state index contributed by atoms with van der Waals surface area (Å²) >= 11 is 0. The largest absolute Gasteiger partial charge is 0.443 e. The zero-order valence-electron chi connectivity index (χ0n) is 13.1. The Morgan fingerprint density at radius 3 is 2.75 bits per heavy atom. The van der Waals surface area contributed by atoms with Gasteiger partial charge in [-0.15, -0.1) is 0 Å². The number of carbonyl (C=O) groups is 1. The van der Waals surface area contributed by atoms with Crippen LogP contribution in [0, 0.1) is 17.1 Å². The molecule has 2 heterocycles. The van der Waals surface area contributed by atoms with Gasteiger partial charge in [0, 0.05) is 39.1 Å². The summed E-state index contributed by atoms with van der Waals surface area (Å²) in [5.74, 6) is -0.559. The third-order valence-corrected chi connectivity index (χ3v) is 4.09. The van der Waals surface area contributed by atoms with Gasteiger partial charge in [-0.1, -0.05) is 12.1 Å². The second-order valence-corrected chi connectivity index (χ2v) is 5.55. The summed E-state index contributed by atoms with van der Waals surface area (Å²) in [5, 5.41) is 8.63. The van der Waals surface area contributed by atoms with E-state index in [1.54, 1.807) is 23.1 Å². The number of oxazole rings is 1. The number of carbonyl (C=O) groups excluding carboxylic acids is 1. The molecule has 1 aromatic heterocycles. The Balaban J connectivity index is 1.73. The van der Waals surface area contributed by atoms with Crippen molar-refractivity contribution in [2.45, 2.75) is 6.42 Å². The van der Waals surface area contributed by atoms with Gasteiger partial charge in [-0.05, 0) is 12.1 Å². The zero-order chi connectivity index (χ0) is 16.9. The molecule has 1 aliphatic heterocycles. The molecule has 3 rings (SSSR count). The van der Waals surface area contributed by atoms with E-state index in [0.29, 0.717) is 39.1 Å². The summed E-state index contributed by atoms with van der Waals surface area (Å²) in [5.41, 5.74) is 0.358. The number of hydrogen-bond donors (Lipinski definition) is 0. The smallest absolute Gasteiger partial charge is 0.276 e. The molecule has 24 heavy (non-hydrogen) atoms. The fourth-order valence-electron chi connectivity index (χ4n) is 2.77. The number of piperazine rings is 1. The van der Waals surface area contributed by atoms with Gasteiger partial charge >= 0.3 is 0 Å². The van der Waals surface area contributed by atoms with E-state index in [9.17, 15) is 9.18 Å². The highest BCUT2D eigenvalue weighted by Crippen LogP contribution is 2.26. The van der Waals surface area contributed by atoms with Crippen molar-refractivity contribution in [3.8, 4) is 17.4 Å². The van der Waals surface area contributed by atoms with Crippen molar-refractivity contribution in [3.05, 3.63) is 42.2 Å². The van der Waals surface area contributed by atoms with E-state index in [4.69, 9.17) is 9.68 Å². The van der Waals surface area contributed by atoms with E-state index in [-0.39, 0.29) is 22.9 Å². The summed E-state index contributed by atoms with van der Waals surface area (Å²) in [6.07, 6.45) is 1.65. The molecule has 6 nitrogen and oxygen atoms in total. The summed E-state index contributed by atoms with van der Waals surface area (Å²) in [4.78, 5) is 20.5. The van der Waals surface area contributed by atoms with Crippen molar-refractivity contribution in [2.24, 2.45) is 0 Å². The first-order chi connectivity index (χ1) is 11.7. The van der Waals surface area contributed by atoms with Crippen LogP contribution in [0.2, 0.25) is 0 Å². The molecule has 0 radical (unpaired) electrons. The monoisotopic (exact) mass is 328 g/mol. The number of hydrogen-bond acceptors (Lipinski definition) is 5. The second kappa shape index (κ2) is 7.23. The third kappa shape index (κ3) is 3.29. The average molecular weight is 328 g/mol. The van der Waals surface area contributed by atoms with Crippen LogP contribution >= 0.6 is 0 Å². The topological polar surface area (TPSA) is 73.4 Å². The molecule has 0 atom stereocenters. The first kappa shape index (κ1) is 16.1. The number of aromatic nitrogens is 1. The maximum Gasteiger partial charge on any atom is 0.276 e. The summed E-state index contributed by atoms with van der Waals surface area (Å²) < 4.78 is 19.2. The lowest BCUT2D eigenvalue weighted by molar-refractivity contribution is 0.0635. The molecular weight excluding hydrogens is 311 g/mol. The number of nitrogens with zero attached hydrogens (tertiary/aromatic N) is 4. The molecule has 0 saturated carbocycles. The van der Waals surface area contributed by atoms with Crippen LogP contribution in [0.5, 0.6) is 0 Å². The van der Waals surface area contributed by atoms with Crippen LogP contribution in [-0.4, -0.2) is 53.4 Å². The second-order valence-electron chi connectivity index (χ2n) is 5.55. The third-order valence-electron chi connectivity index (χ3n) is 4.09. The molecule has 124 valence electrons. The molecule has 0 spiro atoms. The summed E-state index contributed by atoms with van der Waals surface area (Å²) in [6, 6.07) is 8.27. The van der Waals surface area contributed by atoms with Crippen molar-refractivity contribution in [1.82, 2.24) is 14.8 Å². The molecule has 0 N–H and O–H groups in total. The van der Waals surface area contributed by atoms with E-state index in [1.165, 1.54) is 6.07 Å². The maximum absolute atomic E-state index is 14.0. The lowest BCUT2D eigenvalue weighted by Gasteiger charge is -2.34. The first-order valence-corrected chi connectivity index (χ1v) is 7.77. The van der Waals surface area contributed by atoms with Crippen LogP contribution in [0.3, 0.4) is 0 Å². The van der Waals surface area contributed by atoms with Gasteiger partial charge in [0.15, 0.2) is 17.8 Å². The maximum atomic E-state index is 14.0. The van der Waals surface area contributed by atoms with Crippen LogP contribution in [0.4, 0.5) is 4.39 Å². The van der Waals surface area contributed by atoms with E-state index in [2.05, 4.69) is 16.0 Å². The predicted octanol–water partition coefficient (Wildman–Crippen LogP) is 2.15. The molecule has 1 aliphatic rings. The van der Waals surface area contributed by atoms with E-state index in [1.807, 2.05) is 0 Å². The van der Waals surface area contributed by atoms with Crippen molar-refractivity contribution in [1.29, 1.82) is 5.26 Å². The molecule has 1 aromatic carbocycles. The molecule has 0 bridgehead atoms. The molecule has 1 fully saturated rings. The van der Waals surface area contributed by atoms with Crippen LogP contribution in [-0.2, 0) is 0 Å². The average Bonchev–Trinajstić information content (AvgIpc) is 3.09. The van der Waals surface area contributed by atoms with Crippen molar-refractivity contribution in [3.63, 3.8) is 0 Å². The highest BCUT2D eigenvalue weighted by molar-refractivity contribution is 5.97. The number of benzene rings is 1. The number of nitriles is 1. The first-order valence-electron chi connectivity index (χ1n) is 7.77. The molecule has 0 aliphatic carbocycles. The Kier molecular flexibility index (Phi) is 4.87. The molecule has 1 saturated heterocycles. The Morgan fingerprint density at radius 2 is 2.04 bits per heavy atom. The van der Waals surface area contributed by atoms with Crippen LogP contribution in [0.15, 0.2) is 35.1 Å². The normalized spacial score (nSPS) is 15.2. The number of halogens is 1. The van der Waals surface area contributed by atoms with Gasteiger partial charge < -0.3 is 9.32 Å². The molecule has 2 aromatic rings. The Bertz CT molecular complexity index is 760. The Hall–Kier alpha value is -2.72. The predicted molar refractivity (Wildman–Crippen MR) is 84.5 cm³/mol. The molecule has 0 unspecified atom stereocenters. The minimum absolute atomic E-state index is 0.130. The minimum atomic E-state index is -0.454. The van der Waals surface area contributed by atoms with Crippen molar-refractivity contribution < 1.29 is 13.6 Å². The highest BCUT2D eigenvalue weighted by atomic mass is 19.1. The fraction of sp³-hybridized carbons (Fsp3) is 0.353. The Morgan fingerprint density at radius 1 is 1.29 bits per heavy atom. The minimum Gasteiger partial charge on any atom is -0.443 e. The molecule has 1 amide bonds. The highest BCUT2D eigenvalue weighted by Gasteiger charge is 2.27. The summed E-state index contributed by atoms with van der Waals surface area (Å²) in [6.45, 7) is 3.23. The summed E-state index contributed by atoms with van der Waals surface area (Å²) in [7, 11) is 0. The van der Waals surface area contributed by atoms with Gasteiger partial charge in [0.25, 0.3) is 5.91 Å². The van der Waals surface area contributed by atoms with Crippen molar-refractivity contribution >= 4 is 5.91 Å². The number of amides is 1. The standard InChI is InChI=1S/C17H17FN4O2/c18-14-5-2-1-4-13(14)16-15(20-12-24-16)17(23)22-10-8-21(9-11-22)7-3-6-19/h1-2,4-5,12H,3,7-11H2. The zero-order valence-corrected chi connectivity index (χ0v) is 13.1.